The van der Waals surface area contributed by atoms with Crippen LogP contribution in [0.25, 0.3) is 11.3 Å². The summed E-state index contributed by atoms with van der Waals surface area (Å²) in [5.74, 6) is -1.46. The molecule has 1 aromatic carbocycles. The number of aliphatic carboxylic acids is 1. The minimum absolute atomic E-state index is 0.0454. The summed E-state index contributed by atoms with van der Waals surface area (Å²) in [7, 11) is 0. The second-order valence-electron chi connectivity index (χ2n) is 7.67. The molecule has 0 spiro atoms. The van der Waals surface area contributed by atoms with Crippen LogP contribution < -0.4 is 9.64 Å². The number of ether oxygens (including phenoxy) is 1. The molecule has 0 unspecified atom stereocenters. The summed E-state index contributed by atoms with van der Waals surface area (Å²) in [5.41, 5.74) is 1.12. The summed E-state index contributed by atoms with van der Waals surface area (Å²) < 4.78 is 78.6. The number of piperidine rings is 1. The molecule has 1 aliphatic heterocycles. The highest BCUT2D eigenvalue weighted by Gasteiger charge is 2.31. The van der Waals surface area contributed by atoms with E-state index in [1.165, 1.54) is 18.3 Å². The van der Waals surface area contributed by atoms with Crippen LogP contribution in [0.3, 0.4) is 0 Å². The first kappa shape index (κ1) is 24.6. The summed E-state index contributed by atoms with van der Waals surface area (Å²) in [6.07, 6.45) is -8.14. The molecule has 0 saturated carbocycles. The predicted octanol–water partition coefficient (Wildman–Crippen LogP) is 5.23. The van der Waals surface area contributed by atoms with Gasteiger partial charge in [0, 0.05) is 31.3 Å². The lowest BCUT2D eigenvalue weighted by Gasteiger charge is -2.32. The van der Waals surface area contributed by atoms with Crippen molar-refractivity contribution in [1.82, 2.24) is 9.97 Å². The average Bonchev–Trinajstić information content (AvgIpc) is 2.72. The lowest BCUT2D eigenvalue weighted by molar-refractivity contribution is -0.274. The number of nitrogens with zero attached hydrogens (tertiary/aromatic N) is 3. The SMILES string of the molecule is O=C(O)C1CCN(c2nc(CCCC(F)(F)F)cnc2-c2ccc(OC(F)(F)F)cc2)CC1. The molecule has 1 saturated heterocycles. The van der Waals surface area contributed by atoms with Crippen LogP contribution in [0.5, 0.6) is 5.75 Å². The van der Waals surface area contributed by atoms with Crippen LogP contribution >= 0.6 is 0 Å². The maximum absolute atomic E-state index is 12.5. The van der Waals surface area contributed by atoms with E-state index in [1.807, 2.05) is 0 Å². The van der Waals surface area contributed by atoms with Crippen molar-refractivity contribution in [3.05, 3.63) is 36.2 Å². The molecule has 0 radical (unpaired) electrons. The first-order valence-electron chi connectivity index (χ1n) is 10.2. The van der Waals surface area contributed by atoms with E-state index < -0.39 is 36.6 Å². The highest BCUT2D eigenvalue weighted by molar-refractivity contribution is 5.74. The second-order valence-corrected chi connectivity index (χ2v) is 7.67. The van der Waals surface area contributed by atoms with Crippen LogP contribution in [0.2, 0.25) is 0 Å². The topological polar surface area (TPSA) is 75.5 Å². The number of anilines is 1. The molecule has 0 amide bonds. The second kappa shape index (κ2) is 9.84. The Hall–Kier alpha value is -3.05. The number of alkyl halides is 6. The molecule has 180 valence electrons. The van der Waals surface area contributed by atoms with E-state index in [-0.39, 0.29) is 12.8 Å². The summed E-state index contributed by atoms with van der Waals surface area (Å²) in [6, 6.07) is 5.01. The van der Waals surface area contributed by atoms with Gasteiger partial charge in [0.05, 0.1) is 11.6 Å². The number of hydrogen-bond acceptors (Lipinski definition) is 5. The number of aromatic nitrogens is 2. The van der Waals surface area contributed by atoms with Crippen molar-refractivity contribution in [2.24, 2.45) is 5.92 Å². The van der Waals surface area contributed by atoms with Crippen LogP contribution in [0.1, 0.15) is 31.4 Å². The standard InChI is InChI=1S/C21H21F6N3O3/c22-20(23,24)9-1-2-15-12-28-17(13-3-5-16(6-4-13)33-21(25,26)27)18(29-15)30-10-7-14(8-11-30)19(31)32/h3-6,12,14H,1-2,7-11H2,(H,31,32). The third kappa shape index (κ3) is 7.22. The van der Waals surface area contributed by atoms with E-state index >= 15 is 0 Å². The van der Waals surface area contributed by atoms with Gasteiger partial charge in [0.1, 0.15) is 11.4 Å². The lowest BCUT2D eigenvalue weighted by atomic mass is 9.97. The molecule has 12 heteroatoms. The van der Waals surface area contributed by atoms with E-state index in [9.17, 15) is 36.2 Å². The smallest absolute Gasteiger partial charge is 0.481 e. The van der Waals surface area contributed by atoms with Gasteiger partial charge < -0.3 is 14.7 Å². The van der Waals surface area contributed by atoms with Gasteiger partial charge in [0.15, 0.2) is 5.82 Å². The number of halogens is 6. The number of carboxylic acid groups (broad SMARTS) is 1. The van der Waals surface area contributed by atoms with Crippen LogP contribution in [-0.4, -0.2) is 46.7 Å². The molecular weight excluding hydrogens is 456 g/mol. The maximum Gasteiger partial charge on any atom is 0.573 e. The Kier molecular flexibility index (Phi) is 7.33. The minimum atomic E-state index is -4.83. The van der Waals surface area contributed by atoms with Crippen molar-refractivity contribution < 1.29 is 41.0 Å². The molecule has 3 rings (SSSR count). The minimum Gasteiger partial charge on any atom is -0.481 e. The molecular formula is C21H21F6N3O3. The van der Waals surface area contributed by atoms with Crippen LogP contribution in [0, 0.1) is 5.92 Å². The zero-order chi connectivity index (χ0) is 24.2. The summed E-state index contributed by atoms with van der Waals surface area (Å²) >= 11 is 0. The first-order chi connectivity index (χ1) is 15.4. The Morgan fingerprint density at radius 1 is 1.09 bits per heavy atom. The van der Waals surface area contributed by atoms with Crippen molar-refractivity contribution in [3.8, 4) is 17.0 Å². The highest BCUT2D eigenvalue weighted by atomic mass is 19.4. The van der Waals surface area contributed by atoms with Gasteiger partial charge in [-0.3, -0.25) is 9.78 Å². The van der Waals surface area contributed by atoms with E-state index in [4.69, 9.17) is 0 Å². The zero-order valence-electron chi connectivity index (χ0n) is 17.3. The van der Waals surface area contributed by atoms with Crippen LogP contribution in [-0.2, 0) is 11.2 Å². The molecule has 0 aliphatic carbocycles. The number of benzene rings is 1. The summed E-state index contributed by atoms with van der Waals surface area (Å²) in [6.45, 7) is 0.694. The van der Waals surface area contributed by atoms with Gasteiger partial charge in [0.2, 0.25) is 0 Å². The molecule has 2 heterocycles. The Morgan fingerprint density at radius 2 is 1.73 bits per heavy atom. The number of hydrogen-bond donors (Lipinski definition) is 1. The Morgan fingerprint density at radius 3 is 2.27 bits per heavy atom. The van der Waals surface area contributed by atoms with E-state index in [0.717, 1.165) is 12.1 Å². The molecule has 2 aromatic rings. The van der Waals surface area contributed by atoms with Gasteiger partial charge in [-0.2, -0.15) is 13.2 Å². The normalized spacial score (nSPS) is 15.5. The van der Waals surface area contributed by atoms with E-state index in [1.54, 1.807) is 4.90 Å². The number of carbonyl (C=O) groups is 1. The molecule has 0 atom stereocenters. The van der Waals surface area contributed by atoms with Crippen molar-refractivity contribution in [1.29, 1.82) is 0 Å². The third-order valence-corrected chi connectivity index (χ3v) is 5.20. The fourth-order valence-corrected chi connectivity index (χ4v) is 3.58. The molecule has 1 N–H and O–H groups in total. The maximum atomic E-state index is 12.5. The van der Waals surface area contributed by atoms with E-state index in [0.29, 0.717) is 48.7 Å². The largest absolute Gasteiger partial charge is 0.573 e. The molecule has 33 heavy (non-hydrogen) atoms. The number of rotatable bonds is 7. The molecule has 0 bridgehead atoms. The Bertz CT molecular complexity index is 955. The van der Waals surface area contributed by atoms with Crippen molar-refractivity contribution in [3.63, 3.8) is 0 Å². The number of aryl methyl sites for hydroxylation is 1. The Balaban J connectivity index is 1.86. The van der Waals surface area contributed by atoms with Crippen molar-refractivity contribution >= 4 is 11.8 Å². The van der Waals surface area contributed by atoms with Gasteiger partial charge in [-0.15, -0.1) is 13.2 Å². The summed E-state index contributed by atoms with van der Waals surface area (Å²) in [5, 5.41) is 9.21. The Labute approximate surface area is 185 Å². The molecule has 1 aromatic heterocycles. The quantitative estimate of drug-likeness (QED) is 0.551. The first-order valence-corrected chi connectivity index (χ1v) is 10.2. The molecule has 6 nitrogen and oxygen atoms in total. The van der Waals surface area contributed by atoms with Crippen molar-refractivity contribution in [2.45, 2.75) is 44.6 Å². The third-order valence-electron chi connectivity index (χ3n) is 5.20. The van der Waals surface area contributed by atoms with Crippen molar-refractivity contribution in [2.75, 3.05) is 18.0 Å². The predicted molar refractivity (Wildman–Crippen MR) is 106 cm³/mol. The van der Waals surface area contributed by atoms with Gasteiger partial charge in [-0.25, -0.2) is 4.98 Å². The number of carboxylic acids is 1. The van der Waals surface area contributed by atoms with Crippen LogP contribution in [0.4, 0.5) is 32.2 Å². The van der Waals surface area contributed by atoms with Gasteiger partial charge in [-0.1, -0.05) is 0 Å². The van der Waals surface area contributed by atoms with Gasteiger partial charge in [-0.05, 0) is 49.9 Å². The average molecular weight is 477 g/mol. The molecule has 1 fully saturated rings. The lowest BCUT2D eigenvalue weighted by Crippen LogP contribution is -2.37. The zero-order valence-corrected chi connectivity index (χ0v) is 17.3. The van der Waals surface area contributed by atoms with Gasteiger partial charge >= 0.3 is 18.5 Å². The monoisotopic (exact) mass is 477 g/mol. The van der Waals surface area contributed by atoms with E-state index in [2.05, 4.69) is 14.7 Å². The fourth-order valence-electron chi connectivity index (χ4n) is 3.58. The highest BCUT2D eigenvalue weighted by Crippen LogP contribution is 2.33. The molecule has 1 aliphatic rings. The van der Waals surface area contributed by atoms with Gasteiger partial charge in [0.25, 0.3) is 0 Å². The summed E-state index contributed by atoms with van der Waals surface area (Å²) in [4.78, 5) is 21.9. The van der Waals surface area contributed by atoms with Crippen LogP contribution in [0.15, 0.2) is 30.5 Å². The fraction of sp³-hybridized carbons (Fsp3) is 0.476.